The molecule has 0 unspecified atom stereocenters. The Balaban J connectivity index is 2.40. The van der Waals surface area contributed by atoms with Crippen LogP contribution in [0.2, 0.25) is 0 Å². The first-order valence-electron chi connectivity index (χ1n) is 7.12. The van der Waals surface area contributed by atoms with Gasteiger partial charge in [-0.15, -0.1) is 0 Å². The van der Waals surface area contributed by atoms with Crippen molar-refractivity contribution < 1.29 is 4.74 Å². The van der Waals surface area contributed by atoms with Crippen LogP contribution in [0.25, 0.3) is 0 Å². The van der Waals surface area contributed by atoms with Gasteiger partial charge in [-0.05, 0) is 44.7 Å². The summed E-state index contributed by atoms with van der Waals surface area (Å²) >= 11 is 0. The smallest absolute Gasteiger partial charge is 0.227 e. The van der Waals surface area contributed by atoms with Gasteiger partial charge in [0.05, 0.1) is 6.10 Å². The Kier molecular flexibility index (Phi) is 7.22. The maximum absolute atomic E-state index is 5.59. The normalized spacial score (nSPS) is 24.6. The largest absolute Gasteiger partial charge is 0.381 e. The third-order valence-electron chi connectivity index (χ3n) is 3.93. The number of nitrogens with two attached hydrogens (primary N) is 1. The van der Waals surface area contributed by atoms with E-state index in [0.29, 0.717) is 12.1 Å². The molecule has 0 bridgehead atoms. The van der Waals surface area contributed by atoms with Crippen molar-refractivity contribution in [1.82, 2.24) is 4.90 Å². The second-order valence-corrected chi connectivity index (χ2v) is 5.24. The van der Waals surface area contributed by atoms with Crippen molar-refractivity contribution in [3.05, 3.63) is 0 Å². The zero-order valence-corrected chi connectivity index (χ0v) is 12.9. The van der Waals surface area contributed by atoms with Crippen LogP contribution < -0.4 is 5.73 Å². The molecule has 0 amide bonds. The fraction of sp³-hybridized carbons (Fsp3) is 0.786. The van der Waals surface area contributed by atoms with Gasteiger partial charge in [0.25, 0.3) is 0 Å². The summed E-state index contributed by atoms with van der Waals surface area (Å²) in [5.74, 6) is 1.51. The van der Waals surface area contributed by atoms with Crippen LogP contribution in [0.1, 0.15) is 32.1 Å². The third-order valence-corrected chi connectivity index (χ3v) is 3.93. The van der Waals surface area contributed by atoms with Gasteiger partial charge in [0.2, 0.25) is 11.9 Å². The highest BCUT2D eigenvalue weighted by Gasteiger charge is 2.21. The molecule has 6 heteroatoms. The minimum Gasteiger partial charge on any atom is -0.381 e. The van der Waals surface area contributed by atoms with Gasteiger partial charge in [0.1, 0.15) is 0 Å². The Morgan fingerprint density at radius 2 is 2.00 bits per heavy atom. The van der Waals surface area contributed by atoms with E-state index in [1.165, 1.54) is 25.7 Å². The first-order valence-corrected chi connectivity index (χ1v) is 7.12. The molecular formula is C14H27N5O. The Hall–Kier alpha value is -1.43. The molecule has 1 aliphatic rings. The average Bonchev–Trinajstić information content (AvgIpc) is 2.50. The first-order chi connectivity index (χ1) is 9.60. The molecule has 1 fully saturated rings. The van der Waals surface area contributed by atoms with E-state index in [1.54, 1.807) is 14.2 Å². The number of hydrogen-bond acceptors (Lipinski definition) is 2. The SMILES string of the molecule is C=N/C(=N\C(N)=N/C)N(C)CCC1CCC(OC)CC1. The van der Waals surface area contributed by atoms with Gasteiger partial charge in [-0.25, -0.2) is 4.99 Å². The van der Waals surface area contributed by atoms with Crippen LogP contribution in [0.15, 0.2) is 15.0 Å². The van der Waals surface area contributed by atoms with E-state index in [4.69, 9.17) is 10.5 Å². The molecule has 2 N–H and O–H groups in total. The van der Waals surface area contributed by atoms with Crippen molar-refractivity contribution >= 4 is 18.6 Å². The monoisotopic (exact) mass is 281 g/mol. The van der Waals surface area contributed by atoms with Crippen LogP contribution in [0.3, 0.4) is 0 Å². The molecule has 114 valence electrons. The van der Waals surface area contributed by atoms with Crippen molar-refractivity contribution in [3.8, 4) is 0 Å². The number of nitrogens with zero attached hydrogens (tertiary/aromatic N) is 4. The van der Waals surface area contributed by atoms with Crippen molar-refractivity contribution in [3.63, 3.8) is 0 Å². The topological polar surface area (TPSA) is 75.6 Å². The van der Waals surface area contributed by atoms with Crippen molar-refractivity contribution in [2.24, 2.45) is 26.6 Å². The number of guanidine groups is 2. The molecule has 0 saturated heterocycles. The lowest BCUT2D eigenvalue weighted by molar-refractivity contribution is 0.0549. The molecule has 1 rings (SSSR count). The first kappa shape index (κ1) is 16.6. The van der Waals surface area contributed by atoms with Gasteiger partial charge in [-0.2, -0.15) is 4.99 Å². The molecule has 0 aliphatic heterocycles. The van der Waals surface area contributed by atoms with Crippen LogP contribution >= 0.6 is 0 Å². The Morgan fingerprint density at radius 3 is 2.50 bits per heavy atom. The van der Waals surface area contributed by atoms with Crippen LogP contribution in [-0.4, -0.2) is 57.4 Å². The maximum atomic E-state index is 5.59. The zero-order chi connectivity index (χ0) is 15.0. The van der Waals surface area contributed by atoms with E-state index in [2.05, 4.69) is 21.7 Å². The highest BCUT2D eigenvalue weighted by molar-refractivity contribution is 5.95. The summed E-state index contributed by atoms with van der Waals surface area (Å²) in [7, 11) is 5.36. The van der Waals surface area contributed by atoms with Gasteiger partial charge >= 0.3 is 0 Å². The summed E-state index contributed by atoms with van der Waals surface area (Å²) in [6.07, 6.45) is 6.39. The summed E-state index contributed by atoms with van der Waals surface area (Å²) in [6, 6.07) is 0. The molecule has 0 heterocycles. The second kappa shape index (κ2) is 8.68. The van der Waals surface area contributed by atoms with Gasteiger partial charge in [0, 0.05) is 27.7 Å². The molecule has 0 aromatic heterocycles. The quantitative estimate of drug-likeness (QED) is 0.627. The predicted molar refractivity (Wildman–Crippen MR) is 84.5 cm³/mol. The number of hydrogen-bond donors (Lipinski definition) is 1. The van der Waals surface area contributed by atoms with E-state index in [9.17, 15) is 0 Å². The highest BCUT2D eigenvalue weighted by Crippen LogP contribution is 2.28. The highest BCUT2D eigenvalue weighted by atomic mass is 16.5. The molecule has 1 aliphatic carbocycles. The van der Waals surface area contributed by atoms with Crippen molar-refractivity contribution in [1.29, 1.82) is 0 Å². The molecular weight excluding hydrogens is 254 g/mol. The Labute approximate surface area is 121 Å². The molecule has 20 heavy (non-hydrogen) atoms. The summed E-state index contributed by atoms with van der Waals surface area (Å²) < 4.78 is 5.40. The molecule has 0 aromatic rings. The van der Waals surface area contributed by atoms with E-state index < -0.39 is 0 Å². The summed E-state index contributed by atoms with van der Waals surface area (Å²) in [5, 5.41) is 0. The minimum atomic E-state index is 0.222. The lowest BCUT2D eigenvalue weighted by Gasteiger charge is -2.29. The molecule has 6 nitrogen and oxygen atoms in total. The van der Waals surface area contributed by atoms with Crippen molar-refractivity contribution in [2.45, 2.75) is 38.2 Å². The predicted octanol–water partition coefficient (Wildman–Crippen LogP) is 1.51. The fourth-order valence-corrected chi connectivity index (χ4v) is 2.53. The number of aliphatic imine (C=N–C) groups is 3. The average molecular weight is 281 g/mol. The third kappa shape index (κ3) is 5.28. The maximum Gasteiger partial charge on any atom is 0.227 e. The summed E-state index contributed by atoms with van der Waals surface area (Å²) in [4.78, 5) is 13.8. The van der Waals surface area contributed by atoms with Gasteiger partial charge in [0.15, 0.2) is 0 Å². The lowest BCUT2D eigenvalue weighted by Crippen LogP contribution is -2.30. The standard InChI is InChI=1S/C14H27N5O/c1-16-13(15)18-14(17-2)19(3)10-9-11-5-7-12(20-4)8-6-11/h11-12H,2,5-10H2,1,3-4H3,(H2,15,16)/b18-14+. The van der Waals surface area contributed by atoms with E-state index in [0.717, 1.165) is 18.9 Å². The van der Waals surface area contributed by atoms with Crippen LogP contribution in [0, 0.1) is 5.92 Å². The van der Waals surface area contributed by atoms with E-state index >= 15 is 0 Å². The summed E-state index contributed by atoms with van der Waals surface area (Å²) in [5.41, 5.74) is 5.59. The van der Waals surface area contributed by atoms with Crippen LogP contribution in [0.5, 0.6) is 0 Å². The second-order valence-electron chi connectivity index (χ2n) is 5.24. The fourth-order valence-electron chi connectivity index (χ4n) is 2.53. The molecule has 0 aromatic carbocycles. The van der Waals surface area contributed by atoms with Crippen molar-refractivity contribution in [2.75, 3.05) is 27.7 Å². The Bertz CT molecular complexity index is 359. The molecule has 0 spiro atoms. The van der Waals surface area contributed by atoms with Gasteiger partial charge < -0.3 is 15.4 Å². The van der Waals surface area contributed by atoms with Crippen LogP contribution in [-0.2, 0) is 4.74 Å². The zero-order valence-electron chi connectivity index (χ0n) is 12.9. The molecule has 0 atom stereocenters. The number of methoxy groups -OCH3 is 1. The van der Waals surface area contributed by atoms with Gasteiger partial charge in [-0.1, -0.05) is 0 Å². The molecule has 1 saturated carbocycles. The van der Waals surface area contributed by atoms with E-state index in [1.807, 2.05) is 11.9 Å². The summed E-state index contributed by atoms with van der Waals surface area (Å²) in [6.45, 7) is 4.44. The minimum absolute atomic E-state index is 0.222. The van der Waals surface area contributed by atoms with E-state index in [-0.39, 0.29) is 5.96 Å². The number of ether oxygens (including phenoxy) is 1. The molecule has 0 radical (unpaired) electrons. The lowest BCUT2D eigenvalue weighted by atomic mass is 9.85. The number of rotatable bonds is 4. The Morgan fingerprint density at radius 1 is 1.35 bits per heavy atom. The van der Waals surface area contributed by atoms with Gasteiger partial charge in [-0.3, -0.25) is 4.99 Å². The van der Waals surface area contributed by atoms with Crippen LogP contribution in [0.4, 0.5) is 0 Å².